The number of hydrogen-bond donors (Lipinski definition) is 1. The van der Waals surface area contributed by atoms with Crippen molar-refractivity contribution in [3.8, 4) is 0 Å². The van der Waals surface area contributed by atoms with Crippen molar-refractivity contribution in [2.24, 2.45) is 0 Å². The molecule has 0 radical (unpaired) electrons. The molecule has 0 spiro atoms. The molecule has 1 rings (SSSR count). The largest absolute Gasteiger partial charge is 1.00 e. The van der Waals surface area contributed by atoms with Crippen molar-refractivity contribution in [2.45, 2.75) is 33.3 Å². The molecule has 0 saturated carbocycles. The Hall–Kier alpha value is -0.0187. The number of ether oxygens (including phenoxy) is 1. The van der Waals surface area contributed by atoms with Gasteiger partial charge in [-0.05, 0) is 33.8 Å². The number of halogens is 3. The maximum Gasteiger partial charge on any atom is 1.00 e. The van der Waals surface area contributed by atoms with Crippen LogP contribution in [-0.4, -0.2) is 25.6 Å². The van der Waals surface area contributed by atoms with Gasteiger partial charge >= 0.3 is 64.3 Å². The molecule has 0 aromatic heterocycles. The van der Waals surface area contributed by atoms with Gasteiger partial charge in [-0.1, -0.05) is 11.6 Å². The summed E-state index contributed by atoms with van der Waals surface area (Å²) < 4.78 is 44.2. The summed E-state index contributed by atoms with van der Waals surface area (Å²) in [5.74, 6) is -0.768. The molecular formula is C13H18BF3KNO2. The molecule has 0 unspecified atom stereocenters. The number of carbonyl (C=O) groups is 1. The Labute approximate surface area is 165 Å². The van der Waals surface area contributed by atoms with E-state index < -0.39 is 24.0 Å². The second-order valence-electron chi connectivity index (χ2n) is 5.56. The molecule has 0 bridgehead atoms. The maximum atomic E-state index is 13.0. The van der Waals surface area contributed by atoms with E-state index in [0.717, 1.165) is 6.07 Å². The van der Waals surface area contributed by atoms with Crippen LogP contribution in [0.5, 0.6) is 0 Å². The van der Waals surface area contributed by atoms with Crippen molar-refractivity contribution in [1.29, 1.82) is 0 Å². The molecule has 0 aliphatic carbocycles. The molecule has 0 fully saturated rings. The van der Waals surface area contributed by atoms with Crippen LogP contribution < -0.4 is 62.2 Å². The summed E-state index contributed by atoms with van der Waals surface area (Å²) in [4.78, 5) is 11.9. The molecule has 0 saturated heterocycles. The van der Waals surface area contributed by atoms with Crippen LogP contribution in [0.1, 0.15) is 36.7 Å². The first-order valence-corrected chi connectivity index (χ1v) is 6.21. The maximum absolute atomic E-state index is 13.0. The molecule has 1 aromatic rings. The second kappa shape index (κ2) is 7.50. The van der Waals surface area contributed by atoms with Crippen LogP contribution in [0.4, 0.5) is 18.6 Å². The molecular weight excluding hydrogens is 309 g/mol. The van der Waals surface area contributed by atoms with Gasteiger partial charge in [0.2, 0.25) is 0 Å². The van der Waals surface area contributed by atoms with Gasteiger partial charge in [0.1, 0.15) is 5.60 Å². The monoisotopic (exact) mass is 327 g/mol. The molecule has 0 amide bonds. The van der Waals surface area contributed by atoms with Crippen LogP contribution in [0.15, 0.2) is 12.1 Å². The van der Waals surface area contributed by atoms with E-state index in [1.165, 1.54) is 20.0 Å². The van der Waals surface area contributed by atoms with Crippen molar-refractivity contribution in [2.75, 3.05) is 12.4 Å². The summed E-state index contributed by atoms with van der Waals surface area (Å²) >= 11 is 0. The Morgan fingerprint density at radius 1 is 1.24 bits per heavy atom. The first-order valence-electron chi connectivity index (χ1n) is 6.21. The van der Waals surface area contributed by atoms with E-state index in [-0.39, 0.29) is 68.2 Å². The third-order valence-corrected chi connectivity index (χ3v) is 2.70. The Bertz CT molecular complexity index is 527. The Morgan fingerprint density at radius 3 is 2.14 bits per heavy atom. The first-order chi connectivity index (χ1) is 8.95. The number of anilines is 1. The van der Waals surface area contributed by atoms with Crippen LogP contribution in [0.25, 0.3) is 0 Å². The third-order valence-electron chi connectivity index (χ3n) is 2.70. The van der Waals surface area contributed by atoms with E-state index in [9.17, 15) is 17.7 Å². The van der Waals surface area contributed by atoms with Gasteiger partial charge in [-0.25, -0.2) is 4.79 Å². The topological polar surface area (TPSA) is 38.3 Å². The molecule has 21 heavy (non-hydrogen) atoms. The van der Waals surface area contributed by atoms with E-state index in [4.69, 9.17) is 4.74 Å². The van der Waals surface area contributed by atoms with Crippen molar-refractivity contribution in [1.82, 2.24) is 0 Å². The normalized spacial score (nSPS) is 11.6. The minimum Gasteiger partial charge on any atom is -0.456 e. The molecule has 0 aliphatic heterocycles. The fraction of sp³-hybridized carbons (Fsp3) is 0.462. The summed E-state index contributed by atoms with van der Waals surface area (Å²) in [7, 11) is 1.51. The van der Waals surface area contributed by atoms with E-state index >= 15 is 0 Å². The predicted octanol–water partition coefficient (Wildman–Crippen LogP) is 0.0504. The van der Waals surface area contributed by atoms with Gasteiger partial charge in [0, 0.05) is 12.7 Å². The fourth-order valence-corrected chi connectivity index (χ4v) is 1.79. The van der Waals surface area contributed by atoms with Crippen LogP contribution in [0.3, 0.4) is 0 Å². The van der Waals surface area contributed by atoms with Gasteiger partial charge < -0.3 is 23.0 Å². The summed E-state index contributed by atoms with van der Waals surface area (Å²) in [5.41, 5.74) is -1.30. The second-order valence-corrected chi connectivity index (χ2v) is 5.56. The van der Waals surface area contributed by atoms with Gasteiger partial charge in [-0.3, -0.25) is 0 Å². The third kappa shape index (κ3) is 5.94. The van der Waals surface area contributed by atoms with E-state index in [1.807, 2.05) is 0 Å². The summed E-state index contributed by atoms with van der Waals surface area (Å²) in [6.07, 6.45) is 0. The average Bonchev–Trinajstić information content (AvgIpc) is 2.25. The quantitative estimate of drug-likeness (QED) is 0.630. The molecule has 0 heterocycles. The fourth-order valence-electron chi connectivity index (χ4n) is 1.79. The van der Waals surface area contributed by atoms with Crippen molar-refractivity contribution in [3.63, 3.8) is 0 Å². The van der Waals surface area contributed by atoms with Gasteiger partial charge in [0.05, 0.1) is 5.56 Å². The Kier molecular flexibility index (Phi) is 7.49. The van der Waals surface area contributed by atoms with Gasteiger partial charge in [-0.2, -0.15) is 0 Å². The average molecular weight is 327 g/mol. The molecule has 0 aliphatic rings. The number of hydrogen-bond acceptors (Lipinski definition) is 3. The van der Waals surface area contributed by atoms with Crippen LogP contribution in [-0.2, 0) is 4.74 Å². The summed E-state index contributed by atoms with van der Waals surface area (Å²) in [6, 6.07) is 2.22. The Balaban J connectivity index is 0.00000400. The Morgan fingerprint density at radius 2 is 1.76 bits per heavy atom. The van der Waals surface area contributed by atoms with E-state index in [2.05, 4.69) is 5.32 Å². The van der Waals surface area contributed by atoms with Crippen LogP contribution in [0.2, 0.25) is 0 Å². The molecule has 112 valence electrons. The van der Waals surface area contributed by atoms with Gasteiger partial charge in [-0.15, -0.1) is 5.46 Å². The zero-order valence-electron chi connectivity index (χ0n) is 13.2. The smallest absolute Gasteiger partial charge is 0.456 e. The zero-order chi connectivity index (χ0) is 15.7. The molecule has 3 nitrogen and oxygen atoms in total. The summed E-state index contributed by atoms with van der Waals surface area (Å²) in [6.45, 7) is 1.16. The van der Waals surface area contributed by atoms with Crippen molar-refractivity contribution < 1.29 is 73.9 Å². The number of esters is 1. The molecule has 0 atom stereocenters. The minimum atomic E-state index is -5.19. The predicted molar refractivity (Wildman–Crippen MR) is 74.6 cm³/mol. The number of nitrogens with one attached hydrogen (secondary N) is 1. The van der Waals surface area contributed by atoms with Crippen LogP contribution >= 0.6 is 0 Å². The van der Waals surface area contributed by atoms with Crippen molar-refractivity contribution >= 4 is 24.1 Å². The molecule has 1 aromatic carbocycles. The zero-order valence-corrected chi connectivity index (χ0v) is 16.3. The van der Waals surface area contributed by atoms with Gasteiger partial charge in [0.25, 0.3) is 0 Å². The SMILES string of the molecule is CNc1cc(C(=O)OC(C)(C)C)cc([B-](F)(F)F)c1C.[K+]. The van der Waals surface area contributed by atoms with Crippen LogP contribution in [0, 0.1) is 6.92 Å². The molecule has 1 N–H and O–H groups in total. The standard InChI is InChI=1S/C13H18BF3NO2.K/c1-8-10(14(15,16)17)6-9(7-11(8)18-5)12(19)20-13(2,3)4;/h6-7,18H,1-5H3;/q-1;+1. The number of rotatable bonds is 3. The minimum absolute atomic E-state index is 0. The first kappa shape index (κ1) is 21.0. The molecule has 8 heteroatoms. The number of benzene rings is 1. The number of carbonyl (C=O) groups excluding carboxylic acids is 1. The van der Waals surface area contributed by atoms with Crippen molar-refractivity contribution in [3.05, 3.63) is 23.3 Å². The van der Waals surface area contributed by atoms with E-state index in [0.29, 0.717) is 0 Å². The van der Waals surface area contributed by atoms with E-state index in [1.54, 1.807) is 20.8 Å². The summed E-state index contributed by atoms with van der Waals surface area (Å²) in [5, 5.41) is 2.67. The van der Waals surface area contributed by atoms with Gasteiger partial charge in [0.15, 0.2) is 0 Å².